The third-order valence-electron chi connectivity index (χ3n) is 6.89. The topological polar surface area (TPSA) is 27.0 Å². The Balaban J connectivity index is 1.58. The Labute approximate surface area is 181 Å². The summed E-state index contributed by atoms with van der Waals surface area (Å²) in [6.07, 6.45) is 4.97. The molecule has 1 aliphatic rings. The van der Waals surface area contributed by atoms with Gasteiger partial charge in [-0.1, -0.05) is 67.1 Å². The molecule has 0 radical (unpaired) electrons. The third-order valence-corrected chi connectivity index (χ3v) is 6.89. The van der Waals surface area contributed by atoms with E-state index in [0.717, 1.165) is 12.1 Å². The van der Waals surface area contributed by atoms with Crippen molar-refractivity contribution >= 4 is 16.5 Å². The van der Waals surface area contributed by atoms with Crippen molar-refractivity contribution in [1.29, 1.82) is 5.26 Å². The second-order valence-electron chi connectivity index (χ2n) is 9.16. The van der Waals surface area contributed by atoms with Crippen LogP contribution in [0.15, 0.2) is 66.7 Å². The van der Waals surface area contributed by atoms with Gasteiger partial charge in [0.1, 0.15) is 0 Å². The molecule has 3 aromatic carbocycles. The molecule has 4 rings (SSSR count). The van der Waals surface area contributed by atoms with Crippen LogP contribution in [0.4, 0.5) is 5.69 Å². The molecule has 2 nitrogen and oxygen atoms in total. The standard InChI is InChI=1S/C28H32N2/c1-4-30(27-14-8-10-22-9-5-6-13-26(22)27)25-12-7-11-23(19-25)21-15-17-24(18-16-21)28(2,3)20-29/h5-6,8-10,13-18,23,25H,4,7,11-12,19H2,1-3H3. The molecule has 2 heteroatoms. The minimum atomic E-state index is -0.430. The number of fused-ring (bicyclic) bond motifs is 1. The Hall–Kier alpha value is -2.79. The molecule has 1 saturated carbocycles. The number of rotatable bonds is 5. The van der Waals surface area contributed by atoms with Gasteiger partial charge < -0.3 is 4.90 Å². The van der Waals surface area contributed by atoms with Crippen LogP contribution in [0.25, 0.3) is 10.8 Å². The van der Waals surface area contributed by atoms with Crippen LogP contribution < -0.4 is 4.90 Å². The quantitative estimate of drug-likeness (QED) is 0.456. The largest absolute Gasteiger partial charge is 0.368 e. The van der Waals surface area contributed by atoms with Crippen LogP contribution in [-0.4, -0.2) is 12.6 Å². The lowest BCUT2D eigenvalue weighted by Crippen LogP contribution is -2.38. The van der Waals surface area contributed by atoms with E-state index >= 15 is 0 Å². The Morgan fingerprint density at radius 1 is 0.967 bits per heavy atom. The molecular weight excluding hydrogens is 364 g/mol. The number of nitriles is 1. The van der Waals surface area contributed by atoms with Crippen LogP contribution in [0, 0.1) is 11.3 Å². The fourth-order valence-electron chi connectivity index (χ4n) is 5.07. The predicted octanol–water partition coefficient (Wildman–Crippen LogP) is 7.19. The summed E-state index contributed by atoms with van der Waals surface area (Å²) in [7, 11) is 0. The van der Waals surface area contributed by atoms with Gasteiger partial charge in [0.25, 0.3) is 0 Å². The van der Waals surface area contributed by atoms with Crippen LogP contribution >= 0.6 is 0 Å². The van der Waals surface area contributed by atoms with Crippen molar-refractivity contribution in [2.45, 2.75) is 63.8 Å². The Bertz CT molecular complexity index is 1040. The first kappa shape index (κ1) is 20.5. The number of hydrogen-bond acceptors (Lipinski definition) is 2. The highest BCUT2D eigenvalue weighted by Gasteiger charge is 2.28. The summed E-state index contributed by atoms with van der Waals surface area (Å²) in [5, 5.41) is 12.1. The van der Waals surface area contributed by atoms with Crippen molar-refractivity contribution in [1.82, 2.24) is 0 Å². The second kappa shape index (κ2) is 8.52. The Kier molecular flexibility index (Phi) is 5.82. The first-order valence-corrected chi connectivity index (χ1v) is 11.3. The molecular formula is C28H32N2. The maximum Gasteiger partial charge on any atom is 0.0766 e. The SMILES string of the molecule is CCN(c1cccc2ccccc12)C1CCCC(c2ccc(C(C)(C)C#N)cc2)C1. The molecule has 0 aromatic heterocycles. The lowest BCUT2D eigenvalue weighted by molar-refractivity contribution is 0.376. The molecule has 0 aliphatic heterocycles. The Morgan fingerprint density at radius 3 is 2.43 bits per heavy atom. The fraction of sp³-hybridized carbons (Fsp3) is 0.393. The summed E-state index contributed by atoms with van der Waals surface area (Å²) in [4.78, 5) is 2.63. The monoisotopic (exact) mass is 396 g/mol. The normalized spacial score (nSPS) is 19.4. The smallest absolute Gasteiger partial charge is 0.0766 e. The highest BCUT2D eigenvalue weighted by atomic mass is 15.2. The number of hydrogen-bond donors (Lipinski definition) is 0. The number of anilines is 1. The molecule has 3 aromatic rings. The molecule has 154 valence electrons. The van der Waals surface area contributed by atoms with Gasteiger partial charge in [-0.15, -0.1) is 0 Å². The van der Waals surface area contributed by atoms with Gasteiger partial charge in [0, 0.05) is 23.7 Å². The second-order valence-corrected chi connectivity index (χ2v) is 9.16. The minimum Gasteiger partial charge on any atom is -0.368 e. The summed E-state index contributed by atoms with van der Waals surface area (Å²) in [5.41, 5.74) is 3.46. The average molecular weight is 397 g/mol. The van der Waals surface area contributed by atoms with E-state index in [0.29, 0.717) is 12.0 Å². The van der Waals surface area contributed by atoms with E-state index in [4.69, 9.17) is 0 Å². The maximum atomic E-state index is 9.42. The van der Waals surface area contributed by atoms with Crippen LogP contribution in [-0.2, 0) is 5.41 Å². The molecule has 2 unspecified atom stereocenters. The van der Waals surface area contributed by atoms with Crippen LogP contribution in [0.2, 0.25) is 0 Å². The van der Waals surface area contributed by atoms with Crippen molar-refractivity contribution in [3.63, 3.8) is 0 Å². The van der Waals surface area contributed by atoms with Crippen molar-refractivity contribution in [2.24, 2.45) is 0 Å². The molecule has 1 fully saturated rings. The molecule has 0 saturated heterocycles. The summed E-state index contributed by atoms with van der Waals surface area (Å²) in [6, 6.07) is 27.2. The molecule has 30 heavy (non-hydrogen) atoms. The lowest BCUT2D eigenvalue weighted by atomic mass is 9.79. The van der Waals surface area contributed by atoms with Gasteiger partial charge in [-0.2, -0.15) is 5.26 Å². The summed E-state index contributed by atoms with van der Waals surface area (Å²) in [5.74, 6) is 0.590. The molecule has 2 atom stereocenters. The van der Waals surface area contributed by atoms with Gasteiger partial charge in [0.2, 0.25) is 0 Å². The Morgan fingerprint density at radius 2 is 1.70 bits per heavy atom. The summed E-state index contributed by atoms with van der Waals surface area (Å²) in [6.45, 7) is 7.29. The van der Waals surface area contributed by atoms with E-state index in [-0.39, 0.29) is 0 Å². The zero-order chi connectivity index (χ0) is 21.1. The number of benzene rings is 3. The molecule has 0 N–H and O–H groups in total. The van der Waals surface area contributed by atoms with Gasteiger partial charge in [0.15, 0.2) is 0 Å². The van der Waals surface area contributed by atoms with Gasteiger partial charge >= 0.3 is 0 Å². The number of nitrogens with zero attached hydrogens (tertiary/aromatic N) is 2. The highest BCUT2D eigenvalue weighted by Crippen LogP contribution is 2.38. The van der Waals surface area contributed by atoms with Crippen LogP contribution in [0.1, 0.15) is 63.5 Å². The van der Waals surface area contributed by atoms with E-state index in [9.17, 15) is 5.26 Å². The summed E-state index contributed by atoms with van der Waals surface area (Å²) < 4.78 is 0. The van der Waals surface area contributed by atoms with Crippen molar-refractivity contribution in [3.05, 3.63) is 77.9 Å². The average Bonchev–Trinajstić information content (AvgIpc) is 2.80. The predicted molar refractivity (Wildman–Crippen MR) is 127 cm³/mol. The molecule has 0 heterocycles. The minimum absolute atomic E-state index is 0.430. The van der Waals surface area contributed by atoms with E-state index < -0.39 is 5.41 Å². The van der Waals surface area contributed by atoms with Gasteiger partial charge in [0.05, 0.1) is 11.5 Å². The van der Waals surface area contributed by atoms with Crippen molar-refractivity contribution in [2.75, 3.05) is 11.4 Å². The first-order valence-electron chi connectivity index (χ1n) is 11.3. The lowest BCUT2D eigenvalue weighted by Gasteiger charge is -2.39. The van der Waals surface area contributed by atoms with E-state index in [1.807, 2.05) is 13.8 Å². The zero-order valence-electron chi connectivity index (χ0n) is 18.4. The van der Waals surface area contributed by atoms with Crippen molar-refractivity contribution < 1.29 is 0 Å². The van der Waals surface area contributed by atoms with Gasteiger partial charge in [-0.3, -0.25) is 0 Å². The molecule has 1 aliphatic carbocycles. The van der Waals surface area contributed by atoms with Crippen molar-refractivity contribution in [3.8, 4) is 6.07 Å². The fourth-order valence-corrected chi connectivity index (χ4v) is 5.07. The van der Waals surface area contributed by atoms with Gasteiger partial charge in [-0.25, -0.2) is 0 Å². The zero-order valence-corrected chi connectivity index (χ0v) is 18.4. The van der Waals surface area contributed by atoms with E-state index in [1.165, 1.54) is 47.7 Å². The van der Waals surface area contributed by atoms with E-state index in [1.54, 1.807) is 0 Å². The molecule has 0 amide bonds. The first-order chi connectivity index (χ1) is 14.5. The van der Waals surface area contributed by atoms with E-state index in [2.05, 4.69) is 84.6 Å². The maximum absolute atomic E-state index is 9.42. The van der Waals surface area contributed by atoms with Crippen LogP contribution in [0.5, 0.6) is 0 Å². The molecule has 0 spiro atoms. The summed E-state index contributed by atoms with van der Waals surface area (Å²) >= 11 is 0. The third kappa shape index (κ3) is 3.94. The highest BCUT2D eigenvalue weighted by molar-refractivity contribution is 5.94. The molecule has 0 bridgehead atoms. The van der Waals surface area contributed by atoms with Crippen LogP contribution in [0.3, 0.4) is 0 Å². The van der Waals surface area contributed by atoms with Gasteiger partial charge in [-0.05, 0) is 68.5 Å².